The van der Waals surface area contributed by atoms with Crippen LogP contribution in [0.4, 0.5) is 0 Å². The van der Waals surface area contributed by atoms with E-state index in [-0.39, 0.29) is 6.61 Å². The fourth-order valence-electron chi connectivity index (χ4n) is 2.04. The minimum atomic E-state index is -0.0381. The van der Waals surface area contributed by atoms with Crippen LogP contribution in [0.5, 0.6) is 0 Å². The third kappa shape index (κ3) is 3.94. The number of aliphatic hydroxyl groups is 1. The zero-order chi connectivity index (χ0) is 14.7. The first-order valence-electron chi connectivity index (χ1n) is 6.83. The molecule has 1 aliphatic rings. The van der Waals surface area contributed by atoms with Crippen LogP contribution in [0.3, 0.4) is 0 Å². The highest BCUT2D eigenvalue weighted by Gasteiger charge is 2.29. The first-order valence-corrected chi connectivity index (χ1v) is 9.18. The molecule has 1 heterocycles. The molecule has 0 atom stereocenters. The molecule has 0 aliphatic heterocycles. The Morgan fingerprint density at radius 1 is 1.14 bits per heavy atom. The van der Waals surface area contributed by atoms with Gasteiger partial charge in [0.2, 0.25) is 0 Å². The van der Waals surface area contributed by atoms with E-state index in [4.69, 9.17) is 11.6 Å². The number of benzene rings is 1. The largest absolute Gasteiger partial charge is 0.388 e. The summed E-state index contributed by atoms with van der Waals surface area (Å²) < 4.78 is 2.09. The smallest absolute Gasteiger partial charge is 0.191 e. The SMILES string of the molecule is OCc1nnc(SCCSc2ccc(Cl)cc2)n1C1CC1. The molecule has 1 N–H and O–H groups in total. The third-order valence-corrected chi connectivity index (χ3v) is 5.65. The molecule has 2 aromatic rings. The Morgan fingerprint density at radius 3 is 2.52 bits per heavy atom. The van der Waals surface area contributed by atoms with Gasteiger partial charge in [0.25, 0.3) is 0 Å². The molecule has 112 valence electrons. The lowest BCUT2D eigenvalue weighted by Crippen LogP contribution is -2.03. The Kier molecular flexibility index (Phi) is 5.11. The van der Waals surface area contributed by atoms with Gasteiger partial charge in [-0.1, -0.05) is 23.4 Å². The molecule has 1 saturated carbocycles. The van der Waals surface area contributed by atoms with Crippen LogP contribution in [0, 0.1) is 0 Å². The second-order valence-corrected chi connectivity index (χ2v) is 7.48. The van der Waals surface area contributed by atoms with Crippen LogP contribution in [0.15, 0.2) is 34.3 Å². The number of aliphatic hydroxyl groups excluding tert-OH is 1. The van der Waals surface area contributed by atoms with Gasteiger partial charge in [-0.05, 0) is 37.1 Å². The fraction of sp³-hybridized carbons (Fsp3) is 0.429. The van der Waals surface area contributed by atoms with E-state index >= 15 is 0 Å². The number of halogens is 1. The standard InChI is InChI=1S/C14H16ClN3OS2/c15-10-1-5-12(6-2-10)20-7-8-21-14-17-16-13(9-19)18(14)11-3-4-11/h1-2,5-6,11,19H,3-4,7-9H2. The van der Waals surface area contributed by atoms with Gasteiger partial charge in [0.15, 0.2) is 11.0 Å². The molecule has 1 aromatic heterocycles. The zero-order valence-corrected chi connectivity index (χ0v) is 13.8. The maximum Gasteiger partial charge on any atom is 0.191 e. The van der Waals surface area contributed by atoms with Gasteiger partial charge in [-0.25, -0.2) is 0 Å². The van der Waals surface area contributed by atoms with Gasteiger partial charge in [0.1, 0.15) is 6.61 Å². The summed E-state index contributed by atoms with van der Waals surface area (Å²) in [6.45, 7) is -0.0381. The molecule has 1 fully saturated rings. The second kappa shape index (κ2) is 7.05. The van der Waals surface area contributed by atoms with Crippen molar-refractivity contribution in [2.45, 2.75) is 35.5 Å². The molecule has 7 heteroatoms. The first-order chi connectivity index (χ1) is 10.3. The van der Waals surface area contributed by atoms with E-state index in [9.17, 15) is 5.11 Å². The highest BCUT2D eigenvalue weighted by Crippen LogP contribution is 2.38. The molecular weight excluding hydrogens is 326 g/mol. The number of aromatic nitrogens is 3. The van der Waals surface area contributed by atoms with E-state index < -0.39 is 0 Å². The van der Waals surface area contributed by atoms with Gasteiger partial charge >= 0.3 is 0 Å². The minimum Gasteiger partial charge on any atom is -0.388 e. The van der Waals surface area contributed by atoms with E-state index in [0.29, 0.717) is 11.9 Å². The molecule has 0 unspecified atom stereocenters. The van der Waals surface area contributed by atoms with Gasteiger partial charge in [0, 0.05) is 27.5 Å². The number of hydrogen-bond acceptors (Lipinski definition) is 5. The van der Waals surface area contributed by atoms with Crippen molar-refractivity contribution in [2.24, 2.45) is 0 Å². The molecule has 1 aromatic carbocycles. The summed E-state index contributed by atoms with van der Waals surface area (Å²) >= 11 is 9.38. The molecule has 0 amide bonds. The van der Waals surface area contributed by atoms with Crippen molar-refractivity contribution < 1.29 is 5.11 Å². The van der Waals surface area contributed by atoms with Gasteiger partial charge < -0.3 is 9.67 Å². The van der Waals surface area contributed by atoms with Crippen molar-refractivity contribution in [1.82, 2.24) is 14.8 Å². The topological polar surface area (TPSA) is 50.9 Å². The van der Waals surface area contributed by atoms with Crippen LogP contribution in [-0.4, -0.2) is 31.4 Å². The van der Waals surface area contributed by atoms with Crippen LogP contribution < -0.4 is 0 Å². The number of rotatable bonds is 7. The maximum atomic E-state index is 9.30. The van der Waals surface area contributed by atoms with Crippen molar-refractivity contribution in [3.8, 4) is 0 Å². The van der Waals surface area contributed by atoms with Crippen molar-refractivity contribution >= 4 is 35.1 Å². The highest BCUT2D eigenvalue weighted by atomic mass is 35.5. The van der Waals surface area contributed by atoms with Gasteiger partial charge in [0.05, 0.1) is 0 Å². The molecule has 21 heavy (non-hydrogen) atoms. The van der Waals surface area contributed by atoms with Crippen molar-refractivity contribution in [3.63, 3.8) is 0 Å². The third-order valence-electron chi connectivity index (χ3n) is 3.19. The van der Waals surface area contributed by atoms with E-state index in [0.717, 1.165) is 34.5 Å². The lowest BCUT2D eigenvalue weighted by molar-refractivity contribution is 0.263. The Labute approximate surface area is 137 Å². The summed E-state index contributed by atoms with van der Waals surface area (Å²) in [5, 5.41) is 19.3. The molecular formula is C14H16ClN3OS2. The van der Waals surface area contributed by atoms with Gasteiger partial charge in [-0.2, -0.15) is 0 Å². The minimum absolute atomic E-state index is 0.0381. The molecule has 0 spiro atoms. The predicted molar refractivity (Wildman–Crippen MR) is 87.1 cm³/mol. The van der Waals surface area contributed by atoms with E-state index in [1.165, 1.54) is 4.90 Å². The van der Waals surface area contributed by atoms with Crippen molar-refractivity contribution in [3.05, 3.63) is 35.1 Å². The molecule has 1 aliphatic carbocycles. The molecule has 3 rings (SSSR count). The summed E-state index contributed by atoms with van der Waals surface area (Å²) in [6.07, 6.45) is 2.33. The van der Waals surface area contributed by atoms with E-state index in [1.807, 2.05) is 24.3 Å². The molecule has 0 radical (unpaired) electrons. The Bertz CT molecular complexity index is 599. The maximum absolute atomic E-state index is 9.30. The average Bonchev–Trinajstić information content (AvgIpc) is 3.26. The molecule has 4 nitrogen and oxygen atoms in total. The second-order valence-electron chi connectivity index (χ2n) is 4.81. The molecule has 0 saturated heterocycles. The highest BCUT2D eigenvalue weighted by molar-refractivity contribution is 8.02. The number of thioether (sulfide) groups is 2. The summed E-state index contributed by atoms with van der Waals surface area (Å²) in [7, 11) is 0. The average molecular weight is 342 g/mol. The van der Waals surface area contributed by atoms with Gasteiger partial charge in [-0.3, -0.25) is 0 Å². The Morgan fingerprint density at radius 2 is 1.86 bits per heavy atom. The fourth-order valence-corrected chi connectivity index (χ4v) is 4.07. The lowest BCUT2D eigenvalue weighted by Gasteiger charge is -2.07. The van der Waals surface area contributed by atoms with Crippen LogP contribution >= 0.6 is 35.1 Å². The summed E-state index contributed by atoms with van der Waals surface area (Å²) in [5.41, 5.74) is 0. The Hall–Kier alpha value is -0.690. The van der Waals surface area contributed by atoms with Crippen LogP contribution in [0.1, 0.15) is 24.7 Å². The number of nitrogens with zero attached hydrogens (tertiary/aromatic N) is 3. The lowest BCUT2D eigenvalue weighted by atomic mass is 10.4. The van der Waals surface area contributed by atoms with E-state index in [1.54, 1.807) is 23.5 Å². The Balaban J connectivity index is 1.51. The summed E-state index contributed by atoms with van der Waals surface area (Å²) in [4.78, 5) is 1.22. The number of hydrogen-bond donors (Lipinski definition) is 1. The van der Waals surface area contributed by atoms with E-state index in [2.05, 4.69) is 14.8 Å². The van der Waals surface area contributed by atoms with Crippen molar-refractivity contribution in [2.75, 3.05) is 11.5 Å². The summed E-state index contributed by atoms with van der Waals surface area (Å²) in [5.74, 6) is 2.65. The van der Waals surface area contributed by atoms with Crippen LogP contribution in [0.2, 0.25) is 5.02 Å². The predicted octanol–water partition coefficient (Wildman–Crippen LogP) is 3.64. The van der Waals surface area contributed by atoms with Gasteiger partial charge in [-0.15, -0.1) is 22.0 Å². The monoisotopic (exact) mass is 341 g/mol. The van der Waals surface area contributed by atoms with Crippen molar-refractivity contribution in [1.29, 1.82) is 0 Å². The normalized spacial score (nSPS) is 14.6. The van der Waals surface area contributed by atoms with Crippen LogP contribution in [0.25, 0.3) is 0 Å². The zero-order valence-electron chi connectivity index (χ0n) is 11.4. The van der Waals surface area contributed by atoms with Crippen LogP contribution in [-0.2, 0) is 6.61 Å². The summed E-state index contributed by atoms with van der Waals surface area (Å²) in [6, 6.07) is 8.39. The molecule has 0 bridgehead atoms. The first kappa shape index (κ1) is 15.2. The quantitative estimate of drug-likeness (QED) is 0.615.